The average molecular weight is 262 g/mol. The molecule has 0 saturated carbocycles. The minimum atomic E-state index is 0.530. The molecule has 0 aliphatic rings. The number of nitrogens with zero attached hydrogens (tertiary/aromatic N) is 1. The maximum absolute atomic E-state index is 6.10. The van der Waals surface area contributed by atoms with Gasteiger partial charge in [-0.3, -0.25) is 4.90 Å². The molecule has 0 amide bonds. The zero-order valence-corrected chi connectivity index (χ0v) is 11.4. The second-order valence-corrected chi connectivity index (χ2v) is 4.51. The van der Waals surface area contributed by atoms with Crippen LogP contribution in [0, 0.1) is 6.92 Å². The molecule has 1 aromatic rings. The molecular weight excluding hydrogens is 245 g/mol. The van der Waals surface area contributed by atoms with E-state index in [0.717, 1.165) is 34.9 Å². The molecule has 1 aromatic carbocycles. The zero-order valence-electron chi connectivity index (χ0n) is 9.89. The number of rotatable bonds is 5. The number of benzene rings is 1. The van der Waals surface area contributed by atoms with Crippen LogP contribution in [-0.4, -0.2) is 31.6 Å². The summed E-state index contributed by atoms with van der Waals surface area (Å²) in [6.07, 6.45) is 0.881. The minimum absolute atomic E-state index is 0.530. The lowest BCUT2D eigenvalue weighted by molar-refractivity contribution is 0.381. The second-order valence-electron chi connectivity index (χ2n) is 3.86. The Kier molecular flexibility index (Phi) is 5.39. The third-order valence-electron chi connectivity index (χ3n) is 2.53. The van der Waals surface area contributed by atoms with Crippen molar-refractivity contribution in [3.05, 3.63) is 28.3 Å². The Morgan fingerprint density at radius 2 is 2.06 bits per heavy atom. The van der Waals surface area contributed by atoms with Crippen LogP contribution in [0.5, 0.6) is 5.75 Å². The number of ether oxygens (including phenoxy) is 1. The molecule has 0 saturated heterocycles. The van der Waals surface area contributed by atoms with Gasteiger partial charge in [-0.25, -0.2) is 0 Å². The Bertz CT molecular complexity index is 355. The highest BCUT2D eigenvalue weighted by molar-refractivity contribution is 6.31. The van der Waals surface area contributed by atoms with Crippen LogP contribution < -0.4 is 4.74 Å². The summed E-state index contributed by atoms with van der Waals surface area (Å²) in [4.78, 5) is 2.04. The third kappa shape index (κ3) is 3.55. The van der Waals surface area contributed by atoms with Crippen LogP contribution in [0.2, 0.25) is 5.02 Å². The Hall–Kier alpha value is -0.440. The lowest BCUT2D eigenvalue weighted by Crippen LogP contribution is -2.19. The van der Waals surface area contributed by atoms with Gasteiger partial charge in [0.1, 0.15) is 5.75 Å². The number of hydrogen-bond acceptors (Lipinski definition) is 2. The highest BCUT2D eigenvalue weighted by Crippen LogP contribution is 2.26. The van der Waals surface area contributed by atoms with Gasteiger partial charge >= 0.3 is 0 Å². The smallest absolute Gasteiger partial charge is 0.122 e. The van der Waals surface area contributed by atoms with E-state index in [1.807, 2.05) is 31.0 Å². The van der Waals surface area contributed by atoms with Crippen molar-refractivity contribution in [2.75, 3.05) is 26.7 Å². The molecule has 2 nitrogen and oxygen atoms in total. The third-order valence-corrected chi connectivity index (χ3v) is 3.34. The van der Waals surface area contributed by atoms with Gasteiger partial charge in [0, 0.05) is 11.6 Å². The van der Waals surface area contributed by atoms with Crippen molar-refractivity contribution in [3.63, 3.8) is 0 Å². The fourth-order valence-electron chi connectivity index (χ4n) is 1.45. The van der Waals surface area contributed by atoms with E-state index < -0.39 is 0 Å². The molecule has 0 aliphatic carbocycles. The molecule has 0 bridgehead atoms. The van der Waals surface area contributed by atoms with Crippen LogP contribution in [0.15, 0.2) is 12.1 Å². The molecule has 0 fully saturated rings. The van der Waals surface area contributed by atoms with Crippen molar-refractivity contribution in [1.29, 1.82) is 0 Å². The Morgan fingerprint density at radius 1 is 1.38 bits per heavy atom. The van der Waals surface area contributed by atoms with Crippen LogP contribution in [0.1, 0.15) is 11.1 Å². The van der Waals surface area contributed by atoms with Gasteiger partial charge < -0.3 is 4.74 Å². The molecule has 0 unspecified atom stereocenters. The summed E-state index contributed by atoms with van der Waals surface area (Å²) in [7, 11) is 3.66. The Labute approximate surface area is 107 Å². The lowest BCUT2D eigenvalue weighted by Gasteiger charge is -2.15. The standard InChI is InChI=1S/C12H17Cl2NO/c1-9-6-12(16-3)10(7-11(9)14)4-5-15(2)8-13/h6-7H,4-5,8H2,1-3H3. The van der Waals surface area contributed by atoms with Gasteiger partial charge in [-0.2, -0.15) is 0 Å². The Morgan fingerprint density at radius 3 is 2.62 bits per heavy atom. The van der Waals surface area contributed by atoms with Crippen LogP contribution in [-0.2, 0) is 6.42 Å². The van der Waals surface area contributed by atoms with Gasteiger partial charge in [-0.05, 0) is 43.7 Å². The van der Waals surface area contributed by atoms with E-state index in [1.165, 1.54) is 0 Å². The number of hydrogen-bond donors (Lipinski definition) is 0. The minimum Gasteiger partial charge on any atom is -0.496 e. The molecular formula is C12H17Cl2NO. The quantitative estimate of drug-likeness (QED) is 0.596. The van der Waals surface area contributed by atoms with Gasteiger partial charge in [0.05, 0.1) is 13.1 Å². The number of methoxy groups -OCH3 is 1. The van der Waals surface area contributed by atoms with Crippen molar-refractivity contribution in [3.8, 4) is 5.75 Å². The highest BCUT2D eigenvalue weighted by Gasteiger charge is 2.07. The van der Waals surface area contributed by atoms with Crippen molar-refractivity contribution in [1.82, 2.24) is 4.90 Å². The average Bonchev–Trinajstić information content (AvgIpc) is 2.29. The molecule has 0 heterocycles. The number of aryl methyl sites for hydroxylation is 1. The van der Waals surface area contributed by atoms with E-state index in [9.17, 15) is 0 Å². The van der Waals surface area contributed by atoms with E-state index >= 15 is 0 Å². The van der Waals surface area contributed by atoms with Crippen molar-refractivity contribution < 1.29 is 4.74 Å². The monoisotopic (exact) mass is 261 g/mol. The molecule has 4 heteroatoms. The predicted molar refractivity (Wildman–Crippen MR) is 69.8 cm³/mol. The topological polar surface area (TPSA) is 12.5 Å². The first-order chi connectivity index (χ1) is 7.58. The summed E-state index contributed by atoms with van der Waals surface area (Å²) in [5, 5.41) is 0.782. The van der Waals surface area contributed by atoms with Crippen LogP contribution in [0.3, 0.4) is 0 Å². The summed E-state index contributed by atoms with van der Waals surface area (Å²) in [5.41, 5.74) is 2.16. The molecule has 0 atom stereocenters. The van der Waals surface area contributed by atoms with E-state index in [0.29, 0.717) is 6.00 Å². The summed E-state index contributed by atoms with van der Waals surface area (Å²) in [6, 6.07) is 4.47. The van der Waals surface area contributed by atoms with E-state index in [1.54, 1.807) is 7.11 Å². The molecule has 0 aliphatic heterocycles. The molecule has 0 radical (unpaired) electrons. The fraction of sp³-hybridized carbons (Fsp3) is 0.500. The SMILES string of the molecule is COc1cc(C)c(Cl)cc1CCN(C)CCl. The molecule has 90 valence electrons. The Balaban J connectivity index is 2.81. The first-order valence-corrected chi connectivity index (χ1v) is 6.07. The highest BCUT2D eigenvalue weighted by atomic mass is 35.5. The van der Waals surface area contributed by atoms with Gasteiger partial charge in [0.2, 0.25) is 0 Å². The van der Waals surface area contributed by atoms with Crippen LogP contribution >= 0.6 is 23.2 Å². The van der Waals surface area contributed by atoms with Crippen LogP contribution in [0.4, 0.5) is 0 Å². The second kappa shape index (κ2) is 6.33. The molecule has 0 aromatic heterocycles. The van der Waals surface area contributed by atoms with Crippen molar-refractivity contribution >= 4 is 23.2 Å². The van der Waals surface area contributed by atoms with E-state index in [-0.39, 0.29) is 0 Å². The maximum atomic E-state index is 6.10. The number of halogens is 2. The first kappa shape index (κ1) is 13.6. The summed E-state index contributed by atoms with van der Waals surface area (Å²) in [5.74, 6) is 0.893. The lowest BCUT2D eigenvalue weighted by atomic mass is 10.1. The predicted octanol–water partition coefficient (Wildman–Crippen LogP) is 3.33. The van der Waals surface area contributed by atoms with Gasteiger partial charge in [0.25, 0.3) is 0 Å². The van der Waals surface area contributed by atoms with Crippen molar-refractivity contribution in [2.45, 2.75) is 13.3 Å². The molecule has 16 heavy (non-hydrogen) atoms. The van der Waals surface area contributed by atoms with Gasteiger partial charge in [0.15, 0.2) is 0 Å². The molecule has 0 N–H and O–H groups in total. The number of alkyl halides is 1. The maximum Gasteiger partial charge on any atom is 0.122 e. The summed E-state index contributed by atoms with van der Waals surface area (Å²) in [6.45, 7) is 2.86. The summed E-state index contributed by atoms with van der Waals surface area (Å²) < 4.78 is 5.34. The van der Waals surface area contributed by atoms with E-state index in [4.69, 9.17) is 27.9 Å². The fourth-order valence-corrected chi connectivity index (χ4v) is 1.76. The normalized spacial score (nSPS) is 10.9. The van der Waals surface area contributed by atoms with Crippen molar-refractivity contribution in [2.24, 2.45) is 0 Å². The first-order valence-electron chi connectivity index (χ1n) is 5.16. The zero-order chi connectivity index (χ0) is 12.1. The van der Waals surface area contributed by atoms with Crippen LogP contribution in [0.25, 0.3) is 0 Å². The molecule has 0 spiro atoms. The van der Waals surface area contributed by atoms with Gasteiger partial charge in [-0.1, -0.05) is 11.6 Å². The van der Waals surface area contributed by atoms with Gasteiger partial charge in [-0.15, -0.1) is 11.6 Å². The molecule has 1 rings (SSSR count). The van der Waals surface area contributed by atoms with E-state index in [2.05, 4.69) is 0 Å². The largest absolute Gasteiger partial charge is 0.496 e. The summed E-state index contributed by atoms with van der Waals surface area (Å²) >= 11 is 11.8. The number of likely N-dealkylation sites (N-methyl/N-ethyl adjacent to an activating group) is 1.